The third kappa shape index (κ3) is 4.25. The standard InChI is InChI=1S/C23H27F3N4O2/c1-28(2)22(32)30-12-9-18-16(14-30)13-27-20(18)21(31)29-10-7-15(8-11-29)17-5-3-4-6-19(17)23(24,25)26/h3-6,15H,7-14H2,1-2H3. The van der Waals surface area contributed by atoms with E-state index in [1.54, 1.807) is 36.0 Å². The average molecular weight is 448 g/mol. The Morgan fingerprint density at radius 1 is 1.06 bits per heavy atom. The third-order valence-corrected chi connectivity index (χ3v) is 6.50. The van der Waals surface area contributed by atoms with E-state index < -0.39 is 11.7 Å². The quantitative estimate of drug-likeness (QED) is 0.695. The van der Waals surface area contributed by atoms with E-state index in [2.05, 4.69) is 4.99 Å². The molecule has 4 rings (SSSR count). The molecule has 1 fully saturated rings. The number of benzene rings is 1. The average Bonchev–Trinajstić information content (AvgIpc) is 3.20. The zero-order valence-corrected chi connectivity index (χ0v) is 18.3. The number of rotatable bonds is 2. The summed E-state index contributed by atoms with van der Waals surface area (Å²) in [6, 6.07) is 5.66. The fourth-order valence-corrected chi connectivity index (χ4v) is 4.83. The first-order valence-corrected chi connectivity index (χ1v) is 10.8. The van der Waals surface area contributed by atoms with Crippen molar-refractivity contribution in [3.8, 4) is 0 Å². The number of piperidine rings is 1. The number of hydrogen-bond donors (Lipinski definition) is 0. The summed E-state index contributed by atoms with van der Waals surface area (Å²) in [5, 5.41) is 0. The van der Waals surface area contributed by atoms with Crippen molar-refractivity contribution in [2.24, 2.45) is 4.99 Å². The fourth-order valence-electron chi connectivity index (χ4n) is 4.83. The first-order valence-electron chi connectivity index (χ1n) is 10.8. The molecule has 0 aliphatic carbocycles. The van der Waals surface area contributed by atoms with Crippen LogP contribution in [-0.4, -0.2) is 79.2 Å². The zero-order chi connectivity index (χ0) is 23.0. The van der Waals surface area contributed by atoms with Gasteiger partial charge >= 0.3 is 12.2 Å². The molecule has 172 valence electrons. The van der Waals surface area contributed by atoms with Crippen LogP contribution in [0.15, 0.2) is 40.4 Å². The van der Waals surface area contributed by atoms with Gasteiger partial charge in [0.25, 0.3) is 5.91 Å². The lowest BCUT2D eigenvalue weighted by atomic mass is 9.86. The fraction of sp³-hybridized carbons (Fsp3) is 0.522. The van der Waals surface area contributed by atoms with Gasteiger partial charge in [0.15, 0.2) is 0 Å². The van der Waals surface area contributed by atoms with Gasteiger partial charge in [-0.15, -0.1) is 0 Å². The molecule has 0 unspecified atom stereocenters. The van der Waals surface area contributed by atoms with E-state index in [1.165, 1.54) is 11.0 Å². The minimum atomic E-state index is -4.38. The molecule has 1 aromatic carbocycles. The van der Waals surface area contributed by atoms with Crippen molar-refractivity contribution in [1.29, 1.82) is 0 Å². The minimum Gasteiger partial charge on any atom is -0.337 e. The Balaban J connectivity index is 1.41. The molecule has 3 aliphatic rings. The van der Waals surface area contributed by atoms with Crippen LogP contribution in [0.1, 0.15) is 36.3 Å². The molecular weight excluding hydrogens is 421 g/mol. The maximum atomic E-state index is 13.4. The number of amides is 3. The summed E-state index contributed by atoms with van der Waals surface area (Å²) in [4.78, 5) is 34.8. The first-order chi connectivity index (χ1) is 15.2. The number of halogens is 3. The second-order valence-electron chi connectivity index (χ2n) is 8.75. The van der Waals surface area contributed by atoms with Gasteiger partial charge in [0, 0.05) is 40.3 Å². The molecule has 3 amide bonds. The number of hydrogen-bond acceptors (Lipinski definition) is 3. The maximum absolute atomic E-state index is 13.4. The highest BCUT2D eigenvalue weighted by Crippen LogP contribution is 2.39. The number of carbonyl (C=O) groups is 2. The molecule has 32 heavy (non-hydrogen) atoms. The van der Waals surface area contributed by atoms with Crippen molar-refractivity contribution in [1.82, 2.24) is 14.7 Å². The van der Waals surface area contributed by atoms with Gasteiger partial charge in [-0.05, 0) is 48.0 Å². The molecule has 3 aliphatic heterocycles. The summed E-state index contributed by atoms with van der Waals surface area (Å²) in [6.07, 6.45) is -2.81. The van der Waals surface area contributed by atoms with Crippen LogP contribution >= 0.6 is 0 Å². The molecule has 0 atom stereocenters. The van der Waals surface area contributed by atoms with Gasteiger partial charge in [-0.1, -0.05) is 18.2 Å². The van der Waals surface area contributed by atoms with Crippen LogP contribution in [0, 0.1) is 0 Å². The number of urea groups is 1. The molecule has 3 heterocycles. The van der Waals surface area contributed by atoms with E-state index in [-0.39, 0.29) is 17.9 Å². The molecule has 0 N–H and O–H groups in total. The van der Waals surface area contributed by atoms with Crippen LogP contribution in [0.2, 0.25) is 0 Å². The molecule has 1 saturated heterocycles. The smallest absolute Gasteiger partial charge is 0.337 e. The number of nitrogens with zero attached hydrogens (tertiary/aromatic N) is 4. The molecule has 0 saturated carbocycles. The van der Waals surface area contributed by atoms with Crippen molar-refractivity contribution in [2.45, 2.75) is 31.4 Å². The first kappa shape index (κ1) is 22.4. The van der Waals surface area contributed by atoms with E-state index >= 15 is 0 Å². The van der Waals surface area contributed by atoms with E-state index in [0.29, 0.717) is 63.3 Å². The summed E-state index contributed by atoms with van der Waals surface area (Å²) in [5.74, 6) is -0.373. The van der Waals surface area contributed by atoms with Crippen LogP contribution in [-0.2, 0) is 11.0 Å². The van der Waals surface area contributed by atoms with E-state index in [1.807, 2.05) is 0 Å². The Kier molecular flexibility index (Phi) is 6.01. The summed E-state index contributed by atoms with van der Waals surface area (Å²) < 4.78 is 40.1. The lowest BCUT2D eigenvalue weighted by Crippen LogP contribution is -2.45. The molecule has 6 nitrogen and oxygen atoms in total. The Hall–Kier alpha value is -2.84. The van der Waals surface area contributed by atoms with Gasteiger partial charge in [0.2, 0.25) is 0 Å². The second kappa shape index (κ2) is 8.60. The van der Waals surface area contributed by atoms with Crippen molar-refractivity contribution >= 4 is 17.6 Å². The summed E-state index contributed by atoms with van der Waals surface area (Å²) in [6.45, 7) is 2.25. The van der Waals surface area contributed by atoms with Gasteiger partial charge < -0.3 is 14.7 Å². The van der Waals surface area contributed by atoms with E-state index in [0.717, 1.165) is 17.2 Å². The normalized spacial score (nSPS) is 19.7. The molecule has 0 spiro atoms. The van der Waals surface area contributed by atoms with Crippen molar-refractivity contribution in [3.63, 3.8) is 0 Å². The highest BCUT2D eigenvalue weighted by molar-refractivity contribution is 6.46. The topological polar surface area (TPSA) is 56.2 Å². The van der Waals surface area contributed by atoms with Gasteiger partial charge in [-0.3, -0.25) is 9.79 Å². The molecular formula is C23H27F3N4O2. The lowest BCUT2D eigenvalue weighted by molar-refractivity contribution is -0.138. The SMILES string of the molecule is CN(C)C(=O)N1CCC2=C(CN=C2C(=O)N2CCC(c3ccccc3C(F)(F)F)CC2)C1. The molecule has 9 heteroatoms. The van der Waals surface area contributed by atoms with Crippen LogP contribution < -0.4 is 0 Å². The van der Waals surface area contributed by atoms with Crippen LogP contribution in [0.3, 0.4) is 0 Å². The van der Waals surface area contributed by atoms with Gasteiger partial charge in [0.05, 0.1) is 12.1 Å². The number of alkyl halides is 3. The Labute approximate surface area is 185 Å². The second-order valence-corrected chi connectivity index (χ2v) is 8.75. The van der Waals surface area contributed by atoms with Crippen molar-refractivity contribution in [2.75, 3.05) is 46.8 Å². The maximum Gasteiger partial charge on any atom is 0.416 e. The van der Waals surface area contributed by atoms with Crippen LogP contribution in [0.4, 0.5) is 18.0 Å². The van der Waals surface area contributed by atoms with Gasteiger partial charge in [0.1, 0.15) is 5.71 Å². The zero-order valence-electron chi connectivity index (χ0n) is 18.3. The lowest BCUT2D eigenvalue weighted by Gasteiger charge is -2.34. The van der Waals surface area contributed by atoms with Crippen molar-refractivity contribution < 1.29 is 22.8 Å². The number of likely N-dealkylation sites (tertiary alicyclic amines) is 1. The molecule has 0 bridgehead atoms. The highest BCUT2D eigenvalue weighted by atomic mass is 19.4. The molecule has 0 aromatic heterocycles. The summed E-state index contributed by atoms with van der Waals surface area (Å²) >= 11 is 0. The summed E-state index contributed by atoms with van der Waals surface area (Å²) in [7, 11) is 3.42. The molecule has 1 aromatic rings. The van der Waals surface area contributed by atoms with Crippen molar-refractivity contribution in [3.05, 3.63) is 46.5 Å². The minimum absolute atomic E-state index is 0.0578. The monoisotopic (exact) mass is 448 g/mol. The van der Waals surface area contributed by atoms with Crippen LogP contribution in [0.25, 0.3) is 0 Å². The predicted molar refractivity (Wildman–Crippen MR) is 115 cm³/mol. The Bertz CT molecular complexity index is 976. The van der Waals surface area contributed by atoms with Crippen LogP contribution in [0.5, 0.6) is 0 Å². The van der Waals surface area contributed by atoms with Gasteiger partial charge in [-0.2, -0.15) is 13.2 Å². The molecule has 0 radical (unpaired) electrons. The Morgan fingerprint density at radius 2 is 1.75 bits per heavy atom. The number of aliphatic imine (C=N–C) groups is 1. The highest BCUT2D eigenvalue weighted by Gasteiger charge is 2.38. The Morgan fingerprint density at radius 3 is 2.41 bits per heavy atom. The van der Waals surface area contributed by atoms with E-state index in [9.17, 15) is 22.8 Å². The van der Waals surface area contributed by atoms with E-state index in [4.69, 9.17) is 0 Å². The number of carbonyl (C=O) groups excluding carboxylic acids is 2. The largest absolute Gasteiger partial charge is 0.416 e. The van der Waals surface area contributed by atoms with Gasteiger partial charge in [-0.25, -0.2) is 4.79 Å². The summed E-state index contributed by atoms with van der Waals surface area (Å²) in [5.41, 5.74) is 2.13. The third-order valence-electron chi connectivity index (χ3n) is 6.50. The predicted octanol–water partition coefficient (Wildman–Crippen LogP) is 3.55.